The third kappa shape index (κ3) is 4.56. The molecule has 0 radical (unpaired) electrons. The van der Waals surface area contributed by atoms with Crippen LogP contribution in [0.5, 0.6) is 0 Å². The summed E-state index contributed by atoms with van der Waals surface area (Å²) in [6, 6.07) is 14.0. The lowest BCUT2D eigenvalue weighted by molar-refractivity contribution is -0.121. The van der Waals surface area contributed by atoms with Gasteiger partial charge in [0.15, 0.2) is 5.13 Å². The van der Waals surface area contributed by atoms with Crippen molar-refractivity contribution in [1.82, 2.24) is 14.3 Å². The number of benzene rings is 2. The van der Waals surface area contributed by atoms with Crippen molar-refractivity contribution in [1.29, 1.82) is 0 Å². The molecule has 3 heterocycles. The molecule has 4 aromatic rings. The number of aromatic nitrogens is 2. The number of aryl methyl sites for hydroxylation is 1. The van der Waals surface area contributed by atoms with E-state index in [4.69, 9.17) is 0 Å². The van der Waals surface area contributed by atoms with Gasteiger partial charge in [-0.05, 0) is 55.7 Å². The molecule has 1 aliphatic heterocycles. The van der Waals surface area contributed by atoms with Crippen LogP contribution in [0, 0.1) is 12.7 Å². The van der Waals surface area contributed by atoms with Crippen LogP contribution in [0.2, 0.25) is 0 Å². The van der Waals surface area contributed by atoms with Crippen LogP contribution in [-0.4, -0.2) is 41.2 Å². The summed E-state index contributed by atoms with van der Waals surface area (Å²) in [5, 5.41) is 0.318. The summed E-state index contributed by atoms with van der Waals surface area (Å²) < 4.78 is 43.2. The van der Waals surface area contributed by atoms with E-state index in [0.29, 0.717) is 22.7 Å². The average molecular weight is 511 g/mol. The molecular formula is C25H23FN4O3S2. The van der Waals surface area contributed by atoms with E-state index < -0.39 is 21.9 Å². The van der Waals surface area contributed by atoms with Crippen molar-refractivity contribution >= 4 is 42.6 Å². The molecule has 0 aliphatic carbocycles. The number of sulfonamides is 1. The van der Waals surface area contributed by atoms with Crippen LogP contribution in [0.3, 0.4) is 0 Å². The number of halogens is 1. The minimum Gasteiger partial charge on any atom is -0.282 e. The fourth-order valence-corrected chi connectivity index (χ4v) is 6.87. The highest BCUT2D eigenvalue weighted by molar-refractivity contribution is 7.89. The normalized spacial score (nSPS) is 16.6. The highest BCUT2D eigenvalue weighted by Crippen LogP contribution is 2.34. The number of nitrogens with zero attached hydrogens (tertiary/aromatic N) is 4. The number of thiazole rings is 1. The molecule has 1 amide bonds. The largest absolute Gasteiger partial charge is 0.282 e. The number of para-hydroxylation sites is 1. The van der Waals surface area contributed by atoms with Gasteiger partial charge in [-0.15, -0.1) is 0 Å². The van der Waals surface area contributed by atoms with Gasteiger partial charge in [-0.1, -0.05) is 41.2 Å². The molecule has 1 aliphatic rings. The third-order valence-corrected chi connectivity index (χ3v) is 9.00. The molecule has 1 atom stereocenters. The van der Waals surface area contributed by atoms with Gasteiger partial charge in [0, 0.05) is 18.9 Å². The van der Waals surface area contributed by atoms with E-state index >= 15 is 0 Å². The first-order chi connectivity index (χ1) is 16.8. The van der Waals surface area contributed by atoms with Gasteiger partial charge in [-0.3, -0.25) is 14.7 Å². The summed E-state index contributed by atoms with van der Waals surface area (Å²) in [5.74, 6) is -0.857. The van der Waals surface area contributed by atoms with E-state index in [2.05, 4.69) is 9.97 Å². The molecule has 2 aromatic carbocycles. The minimum atomic E-state index is -3.87. The number of amides is 1. The zero-order valence-electron chi connectivity index (χ0n) is 19.0. The summed E-state index contributed by atoms with van der Waals surface area (Å²) in [5.41, 5.74) is 1.89. The summed E-state index contributed by atoms with van der Waals surface area (Å²) in [7, 11) is -3.87. The SMILES string of the molecule is Cc1ccc(S(=O)(=O)N2CCCC2C(=O)N(Cc2cccnc2)c2nc3c(F)cccc3s2)cc1. The number of carbonyl (C=O) groups excluding carboxylic acids is 1. The van der Waals surface area contributed by atoms with Crippen molar-refractivity contribution < 1.29 is 17.6 Å². The van der Waals surface area contributed by atoms with E-state index in [1.165, 1.54) is 26.6 Å². The molecule has 1 unspecified atom stereocenters. The molecular weight excluding hydrogens is 487 g/mol. The van der Waals surface area contributed by atoms with Crippen LogP contribution in [0.1, 0.15) is 24.0 Å². The molecule has 1 saturated heterocycles. The number of rotatable bonds is 6. The van der Waals surface area contributed by atoms with Crippen LogP contribution >= 0.6 is 11.3 Å². The van der Waals surface area contributed by atoms with E-state index in [9.17, 15) is 17.6 Å². The Balaban J connectivity index is 1.53. The summed E-state index contributed by atoms with van der Waals surface area (Å²) >= 11 is 1.20. The fraction of sp³-hybridized carbons (Fsp3) is 0.240. The van der Waals surface area contributed by atoms with Crippen LogP contribution in [0.15, 0.2) is 71.9 Å². The van der Waals surface area contributed by atoms with Crippen molar-refractivity contribution in [2.75, 3.05) is 11.4 Å². The van der Waals surface area contributed by atoms with Crippen LogP contribution in [-0.2, 0) is 21.4 Å². The first kappa shape index (κ1) is 23.5. The second-order valence-corrected chi connectivity index (χ2v) is 11.4. The molecule has 0 spiro atoms. The molecule has 35 heavy (non-hydrogen) atoms. The maximum Gasteiger partial charge on any atom is 0.247 e. The first-order valence-corrected chi connectivity index (χ1v) is 13.4. The van der Waals surface area contributed by atoms with Gasteiger partial charge in [0.1, 0.15) is 17.4 Å². The summed E-state index contributed by atoms with van der Waals surface area (Å²) in [6.45, 7) is 2.28. The Labute approximate surface area is 206 Å². The van der Waals surface area contributed by atoms with E-state index in [0.717, 1.165) is 11.1 Å². The molecule has 2 aromatic heterocycles. The van der Waals surface area contributed by atoms with E-state index in [1.54, 1.807) is 54.9 Å². The molecule has 5 rings (SSSR count). The van der Waals surface area contributed by atoms with E-state index in [-0.39, 0.29) is 29.4 Å². The first-order valence-electron chi connectivity index (χ1n) is 11.2. The zero-order chi connectivity index (χ0) is 24.6. The lowest BCUT2D eigenvalue weighted by atomic mass is 10.2. The van der Waals surface area contributed by atoms with Gasteiger partial charge in [0.05, 0.1) is 16.1 Å². The monoisotopic (exact) mass is 510 g/mol. The molecule has 180 valence electrons. The minimum absolute atomic E-state index is 0.142. The van der Waals surface area contributed by atoms with Crippen LogP contribution < -0.4 is 4.90 Å². The number of carbonyl (C=O) groups is 1. The van der Waals surface area contributed by atoms with Crippen molar-refractivity contribution in [2.24, 2.45) is 0 Å². The van der Waals surface area contributed by atoms with Gasteiger partial charge in [-0.2, -0.15) is 4.31 Å². The Hall–Kier alpha value is -3.21. The molecule has 0 saturated carbocycles. The van der Waals surface area contributed by atoms with Gasteiger partial charge in [0.2, 0.25) is 15.9 Å². The van der Waals surface area contributed by atoms with Crippen LogP contribution in [0.25, 0.3) is 10.2 Å². The number of hydrogen-bond acceptors (Lipinski definition) is 6. The predicted molar refractivity (Wildman–Crippen MR) is 133 cm³/mol. The maximum absolute atomic E-state index is 14.4. The molecule has 10 heteroatoms. The van der Waals surface area contributed by atoms with Gasteiger partial charge >= 0.3 is 0 Å². The van der Waals surface area contributed by atoms with Crippen molar-refractivity contribution in [3.05, 3.63) is 83.9 Å². The Kier molecular flexibility index (Phi) is 6.35. The average Bonchev–Trinajstić information content (AvgIpc) is 3.52. The lowest BCUT2D eigenvalue weighted by Gasteiger charge is -2.28. The van der Waals surface area contributed by atoms with Crippen LogP contribution in [0.4, 0.5) is 9.52 Å². The number of anilines is 1. The standard InChI is InChI=1S/C25H23FN4O3S2/c1-17-9-11-19(12-10-17)35(32,33)30-14-4-7-21(30)24(31)29(16-18-5-3-13-27-15-18)25-28-23-20(26)6-2-8-22(23)34-25/h2-3,5-6,8-13,15,21H,4,7,14,16H2,1H3. The van der Waals surface area contributed by atoms with E-state index in [1.807, 2.05) is 13.0 Å². The van der Waals surface area contributed by atoms with Crippen molar-refractivity contribution in [2.45, 2.75) is 37.2 Å². The molecule has 0 N–H and O–H groups in total. The number of fused-ring (bicyclic) bond motifs is 1. The Bertz CT molecular complexity index is 1470. The second kappa shape index (κ2) is 9.44. The van der Waals surface area contributed by atoms with Gasteiger partial charge in [-0.25, -0.2) is 17.8 Å². The topological polar surface area (TPSA) is 83.5 Å². The summed E-state index contributed by atoms with van der Waals surface area (Å²) in [4.78, 5) is 24.1. The number of hydrogen-bond donors (Lipinski definition) is 0. The zero-order valence-corrected chi connectivity index (χ0v) is 20.6. The highest BCUT2D eigenvalue weighted by Gasteiger charge is 2.42. The molecule has 7 nitrogen and oxygen atoms in total. The molecule has 1 fully saturated rings. The fourth-order valence-electron chi connectivity index (χ4n) is 4.23. The smallest absolute Gasteiger partial charge is 0.247 e. The third-order valence-electron chi connectivity index (χ3n) is 6.04. The highest BCUT2D eigenvalue weighted by atomic mass is 32.2. The van der Waals surface area contributed by atoms with Crippen molar-refractivity contribution in [3.8, 4) is 0 Å². The quantitative estimate of drug-likeness (QED) is 0.381. The maximum atomic E-state index is 14.4. The Morgan fingerprint density at radius 1 is 1.17 bits per heavy atom. The Morgan fingerprint density at radius 3 is 2.69 bits per heavy atom. The summed E-state index contributed by atoms with van der Waals surface area (Å²) in [6.07, 6.45) is 4.24. The second-order valence-electron chi connectivity index (χ2n) is 8.46. The lowest BCUT2D eigenvalue weighted by Crippen LogP contribution is -2.47. The van der Waals surface area contributed by atoms with Gasteiger partial charge in [0.25, 0.3) is 0 Å². The molecule has 0 bridgehead atoms. The number of pyridine rings is 1. The predicted octanol–water partition coefficient (Wildman–Crippen LogP) is 4.53. The van der Waals surface area contributed by atoms with Gasteiger partial charge < -0.3 is 0 Å². The Morgan fingerprint density at radius 2 is 1.97 bits per heavy atom. The van der Waals surface area contributed by atoms with Crippen molar-refractivity contribution in [3.63, 3.8) is 0 Å².